The van der Waals surface area contributed by atoms with Gasteiger partial charge in [0.2, 0.25) is 0 Å². The summed E-state index contributed by atoms with van der Waals surface area (Å²) in [4.78, 5) is 11.2. The minimum absolute atomic E-state index is 0.0176. The molecule has 0 aromatic carbocycles. The summed E-state index contributed by atoms with van der Waals surface area (Å²) in [5.41, 5.74) is 1.36. The Morgan fingerprint density at radius 3 is 3.08 bits per heavy atom. The Kier molecular flexibility index (Phi) is 1.71. The normalized spacial score (nSPS) is 40.3. The van der Waals surface area contributed by atoms with E-state index in [1.54, 1.807) is 0 Å². The van der Waals surface area contributed by atoms with Crippen molar-refractivity contribution in [1.29, 1.82) is 0 Å². The lowest BCUT2D eigenvalue weighted by Gasteiger charge is -2.22. The molecule has 2 nitrogen and oxygen atoms in total. The van der Waals surface area contributed by atoms with Crippen molar-refractivity contribution in [2.24, 2.45) is 11.8 Å². The highest BCUT2D eigenvalue weighted by molar-refractivity contribution is 5.75. The average Bonchev–Trinajstić information content (AvgIpc) is 2.28. The summed E-state index contributed by atoms with van der Waals surface area (Å²) in [5, 5.41) is 0. The molecule has 2 aliphatic rings. The molecule has 1 heterocycles. The quantitative estimate of drug-likeness (QED) is 0.406. The number of ether oxygens (including phenoxy) is 1. The molecule has 1 aliphatic heterocycles. The van der Waals surface area contributed by atoms with Crippen LogP contribution in [0.1, 0.15) is 26.7 Å². The van der Waals surface area contributed by atoms with Crippen LogP contribution in [-0.2, 0) is 9.53 Å². The number of esters is 1. The fourth-order valence-corrected chi connectivity index (χ4v) is 2.12. The van der Waals surface area contributed by atoms with Gasteiger partial charge in [0.05, 0.1) is 5.92 Å². The lowest BCUT2D eigenvalue weighted by molar-refractivity contribution is -0.142. The van der Waals surface area contributed by atoms with Gasteiger partial charge in [-0.15, -0.1) is 0 Å². The molecular weight excluding hydrogens is 152 g/mol. The van der Waals surface area contributed by atoms with E-state index in [4.69, 9.17) is 4.74 Å². The number of fused-ring (bicyclic) bond motifs is 1. The maximum atomic E-state index is 11.2. The Labute approximate surface area is 72.6 Å². The molecule has 1 aliphatic carbocycles. The van der Waals surface area contributed by atoms with E-state index in [0.29, 0.717) is 5.92 Å². The van der Waals surface area contributed by atoms with Gasteiger partial charge in [-0.05, 0) is 25.8 Å². The summed E-state index contributed by atoms with van der Waals surface area (Å²) >= 11 is 0. The van der Waals surface area contributed by atoms with Crippen LogP contribution in [0.2, 0.25) is 0 Å². The van der Waals surface area contributed by atoms with E-state index in [0.717, 1.165) is 12.8 Å². The van der Waals surface area contributed by atoms with Crippen LogP contribution in [-0.4, -0.2) is 12.1 Å². The van der Waals surface area contributed by atoms with Crippen LogP contribution >= 0.6 is 0 Å². The van der Waals surface area contributed by atoms with Crippen molar-refractivity contribution in [2.75, 3.05) is 0 Å². The molecule has 0 bridgehead atoms. The van der Waals surface area contributed by atoms with Crippen molar-refractivity contribution in [3.63, 3.8) is 0 Å². The van der Waals surface area contributed by atoms with Crippen molar-refractivity contribution < 1.29 is 9.53 Å². The number of carbonyl (C=O) groups excluding carboxylic acids is 1. The highest BCUT2D eigenvalue weighted by Gasteiger charge is 2.41. The molecule has 1 unspecified atom stereocenters. The van der Waals surface area contributed by atoms with Crippen LogP contribution < -0.4 is 0 Å². The van der Waals surface area contributed by atoms with Gasteiger partial charge >= 0.3 is 5.97 Å². The average molecular weight is 166 g/mol. The first-order chi connectivity index (χ1) is 5.68. The van der Waals surface area contributed by atoms with Crippen LogP contribution in [0, 0.1) is 11.8 Å². The lowest BCUT2D eigenvalue weighted by atomic mass is 9.82. The van der Waals surface area contributed by atoms with Crippen LogP contribution in [0.25, 0.3) is 0 Å². The number of rotatable bonds is 0. The Hall–Kier alpha value is -0.790. The summed E-state index contributed by atoms with van der Waals surface area (Å²) in [7, 11) is 0. The zero-order valence-electron chi connectivity index (χ0n) is 7.54. The zero-order valence-corrected chi connectivity index (χ0v) is 7.54. The van der Waals surface area contributed by atoms with Crippen molar-refractivity contribution >= 4 is 5.97 Å². The molecule has 0 spiro atoms. The standard InChI is InChI=1S/C10H14O2/c1-6-3-4-8-7(2)10(11)12-9(8)5-6/h5,7-9H,3-4H2,1-2H3/t7-,8+,9?/m1/s1. The predicted molar refractivity (Wildman–Crippen MR) is 45.5 cm³/mol. The molecule has 0 aromatic heterocycles. The second-order valence-corrected chi connectivity index (χ2v) is 3.91. The van der Waals surface area contributed by atoms with Gasteiger partial charge in [0.1, 0.15) is 6.10 Å². The van der Waals surface area contributed by atoms with Gasteiger partial charge in [-0.3, -0.25) is 4.79 Å². The number of hydrogen-bond donors (Lipinski definition) is 0. The van der Waals surface area contributed by atoms with E-state index in [1.807, 2.05) is 6.92 Å². The molecule has 1 fully saturated rings. The number of allylic oxidation sites excluding steroid dienone is 1. The van der Waals surface area contributed by atoms with Gasteiger partial charge in [0.15, 0.2) is 0 Å². The first-order valence-electron chi connectivity index (χ1n) is 4.56. The Bertz CT molecular complexity index is 242. The fraction of sp³-hybridized carbons (Fsp3) is 0.700. The third kappa shape index (κ3) is 1.06. The molecule has 0 N–H and O–H groups in total. The van der Waals surface area contributed by atoms with Gasteiger partial charge in [-0.1, -0.05) is 12.5 Å². The van der Waals surface area contributed by atoms with Gasteiger partial charge in [0, 0.05) is 5.92 Å². The summed E-state index contributed by atoms with van der Waals surface area (Å²) in [6, 6.07) is 0. The van der Waals surface area contributed by atoms with Crippen molar-refractivity contribution in [2.45, 2.75) is 32.8 Å². The first kappa shape index (κ1) is 7.84. The summed E-state index contributed by atoms with van der Waals surface area (Å²) in [6.45, 7) is 4.08. The summed E-state index contributed by atoms with van der Waals surface area (Å²) < 4.78 is 5.23. The molecule has 0 aromatic rings. The third-order valence-electron chi connectivity index (χ3n) is 3.01. The number of carbonyl (C=O) groups is 1. The topological polar surface area (TPSA) is 26.3 Å². The Morgan fingerprint density at radius 1 is 1.58 bits per heavy atom. The van der Waals surface area contributed by atoms with Crippen LogP contribution in [0.5, 0.6) is 0 Å². The molecule has 66 valence electrons. The largest absolute Gasteiger partial charge is 0.458 e. The van der Waals surface area contributed by atoms with Crippen molar-refractivity contribution in [3.05, 3.63) is 11.6 Å². The van der Waals surface area contributed by atoms with E-state index in [1.165, 1.54) is 5.57 Å². The summed E-state index contributed by atoms with van der Waals surface area (Å²) in [5.74, 6) is 0.538. The second kappa shape index (κ2) is 2.61. The van der Waals surface area contributed by atoms with Crippen LogP contribution in [0.4, 0.5) is 0 Å². The lowest BCUT2D eigenvalue weighted by Crippen LogP contribution is -2.21. The third-order valence-corrected chi connectivity index (χ3v) is 3.01. The van der Waals surface area contributed by atoms with Crippen molar-refractivity contribution in [1.82, 2.24) is 0 Å². The van der Waals surface area contributed by atoms with Gasteiger partial charge in [-0.2, -0.15) is 0 Å². The predicted octanol–water partition coefficient (Wildman–Crippen LogP) is 1.90. The summed E-state index contributed by atoms with van der Waals surface area (Å²) in [6.07, 6.45) is 4.43. The van der Waals surface area contributed by atoms with E-state index >= 15 is 0 Å². The van der Waals surface area contributed by atoms with Gasteiger partial charge < -0.3 is 4.74 Å². The monoisotopic (exact) mass is 166 g/mol. The molecule has 2 heteroatoms. The van der Waals surface area contributed by atoms with Gasteiger partial charge in [-0.25, -0.2) is 0 Å². The van der Waals surface area contributed by atoms with E-state index < -0.39 is 0 Å². The van der Waals surface area contributed by atoms with E-state index in [-0.39, 0.29) is 18.0 Å². The Balaban J connectivity index is 2.22. The van der Waals surface area contributed by atoms with E-state index in [2.05, 4.69) is 13.0 Å². The van der Waals surface area contributed by atoms with Crippen molar-refractivity contribution in [3.8, 4) is 0 Å². The first-order valence-corrected chi connectivity index (χ1v) is 4.56. The minimum Gasteiger partial charge on any atom is -0.458 e. The smallest absolute Gasteiger partial charge is 0.309 e. The van der Waals surface area contributed by atoms with Gasteiger partial charge in [0.25, 0.3) is 0 Å². The highest BCUT2D eigenvalue weighted by Crippen LogP contribution is 2.37. The zero-order chi connectivity index (χ0) is 8.72. The fourth-order valence-electron chi connectivity index (χ4n) is 2.12. The Morgan fingerprint density at radius 2 is 2.33 bits per heavy atom. The van der Waals surface area contributed by atoms with E-state index in [9.17, 15) is 4.79 Å². The number of hydrogen-bond acceptors (Lipinski definition) is 2. The SMILES string of the molecule is CC1=CC2OC(=O)[C@H](C)[C@@H]2CC1. The highest BCUT2D eigenvalue weighted by atomic mass is 16.6. The van der Waals surface area contributed by atoms with Crippen LogP contribution in [0.3, 0.4) is 0 Å². The maximum absolute atomic E-state index is 11.2. The molecular formula is C10H14O2. The molecule has 2 rings (SSSR count). The molecule has 0 amide bonds. The maximum Gasteiger partial charge on any atom is 0.309 e. The minimum atomic E-state index is -0.0176. The molecule has 1 saturated heterocycles. The molecule has 3 atom stereocenters. The van der Waals surface area contributed by atoms with Crippen LogP contribution in [0.15, 0.2) is 11.6 Å². The molecule has 0 saturated carbocycles. The second-order valence-electron chi connectivity index (χ2n) is 3.91. The molecule has 0 radical (unpaired) electrons. The molecule has 12 heavy (non-hydrogen) atoms.